The van der Waals surface area contributed by atoms with E-state index < -0.39 is 17.7 Å². The average Bonchev–Trinajstić information content (AvgIpc) is 3.42. The molecule has 1 atom stereocenters. The number of aromatic nitrogens is 1. The van der Waals surface area contributed by atoms with E-state index in [1.54, 1.807) is 36.4 Å². The Bertz CT molecular complexity index is 1240. The van der Waals surface area contributed by atoms with Gasteiger partial charge in [0.1, 0.15) is 5.69 Å². The number of halogens is 3. The lowest BCUT2D eigenvalue weighted by Gasteiger charge is -2.14. The van der Waals surface area contributed by atoms with E-state index in [1.807, 2.05) is 0 Å². The zero-order valence-corrected chi connectivity index (χ0v) is 19.4. The lowest BCUT2D eigenvalue weighted by Crippen LogP contribution is -2.42. The summed E-state index contributed by atoms with van der Waals surface area (Å²) >= 11 is 18.0. The molecule has 1 aliphatic rings. The van der Waals surface area contributed by atoms with E-state index in [9.17, 15) is 14.4 Å². The standard InChI is InChI=1S/C22H19Cl3N4O4/c23-13-3-6-18-12(8-13)9-19(20(30)27-14-4-5-16(24)17(25)10-14)29(18)28-22(32)21(31)26-11-15-2-1-7-33-15/h3-6,8-10,15H,1-2,7,11H2,(H,26,31)(H,27,30)(H,28,32)/t15-/m0/s1. The summed E-state index contributed by atoms with van der Waals surface area (Å²) in [4.78, 5) is 37.9. The molecule has 8 nitrogen and oxygen atoms in total. The molecule has 0 unspecified atom stereocenters. The summed E-state index contributed by atoms with van der Waals surface area (Å²) in [5, 5.41) is 6.94. The quantitative estimate of drug-likeness (QED) is 0.448. The summed E-state index contributed by atoms with van der Waals surface area (Å²) in [7, 11) is 0. The smallest absolute Gasteiger partial charge is 0.328 e. The van der Waals surface area contributed by atoms with Crippen LogP contribution in [0.1, 0.15) is 23.3 Å². The van der Waals surface area contributed by atoms with Crippen LogP contribution in [0.15, 0.2) is 42.5 Å². The van der Waals surface area contributed by atoms with Gasteiger partial charge >= 0.3 is 11.8 Å². The Balaban J connectivity index is 1.57. The number of rotatable bonds is 5. The Morgan fingerprint density at radius 1 is 1.00 bits per heavy atom. The van der Waals surface area contributed by atoms with Crippen LogP contribution < -0.4 is 16.1 Å². The van der Waals surface area contributed by atoms with Crippen LogP contribution in [-0.2, 0) is 14.3 Å². The highest BCUT2D eigenvalue weighted by Crippen LogP contribution is 2.27. The van der Waals surface area contributed by atoms with Crippen molar-refractivity contribution in [2.75, 3.05) is 23.9 Å². The highest BCUT2D eigenvalue weighted by Gasteiger charge is 2.23. The van der Waals surface area contributed by atoms with Crippen LogP contribution >= 0.6 is 34.8 Å². The van der Waals surface area contributed by atoms with Crippen molar-refractivity contribution in [3.63, 3.8) is 0 Å². The third-order valence-corrected chi connectivity index (χ3v) is 6.08. The summed E-state index contributed by atoms with van der Waals surface area (Å²) in [5.41, 5.74) is 3.46. The number of nitrogens with zero attached hydrogens (tertiary/aromatic N) is 1. The van der Waals surface area contributed by atoms with Crippen LogP contribution in [0.5, 0.6) is 0 Å². The van der Waals surface area contributed by atoms with Gasteiger partial charge in [0.25, 0.3) is 5.91 Å². The van der Waals surface area contributed by atoms with Crippen molar-refractivity contribution in [2.45, 2.75) is 18.9 Å². The fourth-order valence-electron chi connectivity index (χ4n) is 3.49. The van der Waals surface area contributed by atoms with Crippen molar-refractivity contribution < 1.29 is 19.1 Å². The molecule has 4 rings (SSSR count). The lowest BCUT2D eigenvalue weighted by molar-refractivity contribution is -0.136. The monoisotopic (exact) mass is 508 g/mol. The molecule has 1 saturated heterocycles. The molecule has 172 valence electrons. The van der Waals surface area contributed by atoms with Crippen LogP contribution in [0.3, 0.4) is 0 Å². The third kappa shape index (κ3) is 5.42. The number of anilines is 1. The molecule has 3 N–H and O–H groups in total. The molecular weight excluding hydrogens is 491 g/mol. The predicted molar refractivity (Wildman–Crippen MR) is 128 cm³/mol. The van der Waals surface area contributed by atoms with E-state index in [2.05, 4.69) is 16.1 Å². The normalized spacial score (nSPS) is 15.4. The highest BCUT2D eigenvalue weighted by atomic mass is 35.5. The van der Waals surface area contributed by atoms with Gasteiger partial charge in [-0.25, -0.2) is 4.68 Å². The number of fused-ring (bicyclic) bond motifs is 1. The molecule has 1 fully saturated rings. The first-order valence-electron chi connectivity index (χ1n) is 10.1. The molecule has 33 heavy (non-hydrogen) atoms. The number of benzene rings is 2. The lowest BCUT2D eigenvalue weighted by atomic mass is 10.2. The fraction of sp³-hybridized carbons (Fsp3) is 0.227. The van der Waals surface area contributed by atoms with Crippen LogP contribution in [0.2, 0.25) is 15.1 Å². The van der Waals surface area contributed by atoms with Gasteiger partial charge in [-0.1, -0.05) is 34.8 Å². The molecule has 0 radical (unpaired) electrons. The molecule has 1 aromatic heterocycles. The Labute approximate surface area is 204 Å². The summed E-state index contributed by atoms with van der Waals surface area (Å²) in [6, 6.07) is 11.1. The summed E-state index contributed by atoms with van der Waals surface area (Å²) in [6.07, 6.45) is 1.63. The van der Waals surface area contributed by atoms with E-state index in [1.165, 1.54) is 10.7 Å². The molecule has 2 aromatic carbocycles. The molecule has 0 saturated carbocycles. The predicted octanol–water partition coefficient (Wildman–Crippen LogP) is 4.22. The minimum absolute atomic E-state index is 0.0821. The van der Waals surface area contributed by atoms with Crippen molar-refractivity contribution in [3.05, 3.63) is 63.2 Å². The van der Waals surface area contributed by atoms with Gasteiger partial charge in [-0.05, 0) is 55.3 Å². The topological polar surface area (TPSA) is 101 Å². The average molecular weight is 510 g/mol. The van der Waals surface area contributed by atoms with Gasteiger partial charge in [0.05, 0.1) is 21.7 Å². The van der Waals surface area contributed by atoms with E-state index in [4.69, 9.17) is 39.5 Å². The number of carbonyl (C=O) groups excluding carboxylic acids is 3. The van der Waals surface area contributed by atoms with Crippen molar-refractivity contribution in [2.24, 2.45) is 0 Å². The minimum Gasteiger partial charge on any atom is -0.376 e. The molecule has 0 aliphatic carbocycles. The molecule has 0 bridgehead atoms. The zero-order valence-electron chi connectivity index (χ0n) is 17.2. The van der Waals surface area contributed by atoms with E-state index in [0.717, 1.165) is 12.8 Å². The second-order valence-electron chi connectivity index (χ2n) is 7.44. The first-order chi connectivity index (χ1) is 15.8. The van der Waals surface area contributed by atoms with Crippen LogP contribution in [-0.4, -0.2) is 41.7 Å². The van der Waals surface area contributed by atoms with Gasteiger partial charge in [0.2, 0.25) is 0 Å². The van der Waals surface area contributed by atoms with Crippen LogP contribution in [0.4, 0.5) is 5.69 Å². The number of nitrogens with one attached hydrogen (secondary N) is 3. The summed E-state index contributed by atoms with van der Waals surface area (Å²) in [6.45, 7) is 0.876. The molecule has 11 heteroatoms. The van der Waals surface area contributed by atoms with E-state index in [0.29, 0.717) is 33.2 Å². The minimum atomic E-state index is -0.927. The van der Waals surface area contributed by atoms with Gasteiger partial charge < -0.3 is 15.4 Å². The maximum absolute atomic E-state index is 13.0. The second kappa shape index (κ2) is 10.0. The molecule has 3 aromatic rings. The van der Waals surface area contributed by atoms with Crippen molar-refractivity contribution in [1.29, 1.82) is 0 Å². The van der Waals surface area contributed by atoms with Crippen molar-refractivity contribution >= 4 is 69.1 Å². The van der Waals surface area contributed by atoms with Crippen molar-refractivity contribution in [3.8, 4) is 0 Å². The molecule has 3 amide bonds. The number of hydrogen-bond acceptors (Lipinski definition) is 4. The molecular formula is C22H19Cl3N4O4. The Kier molecular flexibility index (Phi) is 7.09. The zero-order chi connectivity index (χ0) is 23.5. The van der Waals surface area contributed by atoms with Gasteiger partial charge in [0, 0.05) is 29.2 Å². The molecule has 2 heterocycles. The Morgan fingerprint density at radius 3 is 2.55 bits per heavy atom. The number of ether oxygens (including phenoxy) is 1. The van der Waals surface area contributed by atoms with Crippen molar-refractivity contribution in [1.82, 2.24) is 9.99 Å². The maximum Gasteiger partial charge on any atom is 0.328 e. The fourth-order valence-corrected chi connectivity index (χ4v) is 3.97. The first kappa shape index (κ1) is 23.4. The van der Waals surface area contributed by atoms with Gasteiger partial charge in [0.15, 0.2) is 0 Å². The maximum atomic E-state index is 13.0. The van der Waals surface area contributed by atoms with Gasteiger partial charge in [-0.15, -0.1) is 0 Å². The summed E-state index contributed by atoms with van der Waals surface area (Å²) in [5.74, 6) is -2.30. The number of amides is 3. The number of carbonyl (C=O) groups is 3. The molecule has 1 aliphatic heterocycles. The van der Waals surface area contributed by atoms with Gasteiger partial charge in [-0.2, -0.15) is 0 Å². The van der Waals surface area contributed by atoms with Gasteiger partial charge in [-0.3, -0.25) is 19.8 Å². The summed E-state index contributed by atoms with van der Waals surface area (Å²) < 4.78 is 6.69. The number of hydrogen-bond donors (Lipinski definition) is 3. The Morgan fingerprint density at radius 2 is 1.82 bits per heavy atom. The SMILES string of the molecule is O=C(NC[C@@H]1CCCO1)C(=O)Nn1c(C(=O)Nc2ccc(Cl)c(Cl)c2)cc2cc(Cl)ccc21. The van der Waals surface area contributed by atoms with E-state index >= 15 is 0 Å². The molecule has 0 spiro atoms. The largest absolute Gasteiger partial charge is 0.376 e. The third-order valence-electron chi connectivity index (χ3n) is 5.11. The second-order valence-corrected chi connectivity index (χ2v) is 8.69. The van der Waals surface area contributed by atoms with E-state index in [-0.39, 0.29) is 23.4 Å². The first-order valence-corrected chi connectivity index (χ1v) is 11.2. The van der Waals surface area contributed by atoms with Crippen LogP contribution in [0, 0.1) is 0 Å². The van der Waals surface area contributed by atoms with Crippen LogP contribution in [0.25, 0.3) is 10.9 Å². The highest BCUT2D eigenvalue weighted by molar-refractivity contribution is 6.42. The Hall–Kier alpha value is -2.78.